The molecule has 0 spiro atoms. The molecule has 2 aromatic rings. The van der Waals surface area contributed by atoms with Gasteiger partial charge in [-0.25, -0.2) is 4.98 Å². The molecule has 1 aliphatic rings. The van der Waals surface area contributed by atoms with Gasteiger partial charge < -0.3 is 10.0 Å². The van der Waals surface area contributed by atoms with Crippen molar-refractivity contribution in [1.82, 2.24) is 9.88 Å². The monoisotopic (exact) mass is 330 g/mol. The van der Waals surface area contributed by atoms with Gasteiger partial charge in [0, 0.05) is 23.8 Å². The largest absolute Gasteiger partial charge is 0.388 e. The Morgan fingerprint density at radius 3 is 2.57 bits per heavy atom. The van der Waals surface area contributed by atoms with Gasteiger partial charge >= 0.3 is 0 Å². The molecular weight excluding hydrogens is 308 g/mol. The van der Waals surface area contributed by atoms with E-state index in [0.29, 0.717) is 18.8 Å². The van der Waals surface area contributed by atoms with E-state index in [2.05, 4.69) is 17.1 Å². The number of hydrogen-bond donors (Lipinski definition) is 1. The number of thiazole rings is 1. The third-order valence-electron chi connectivity index (χ3n) is 4.80. The summed E-state index contributed by atoms with van der Waals surface area (Å²) in [5.74, 6) is -0.0913. The third kappa shape index (κ3) is 3.16. The van der Waals surface area contributed by atoms with Crippen LogP contribution in [0.25, 0.3) is 0 Å². The Morgan fingerprint density at radius 2 is 1.96 bits per heavy atom. The van der Waals surface area contributed by atoms with Gasteiger partial charge in [-0.05, 0) is 12.5 Å². The van der Waals surface area contributed by atoms with Gasteiger partial charge in [0.15, 0.2) is 0 Å². The van der Waals surface area contributed by atoms with Crippen molar-refractivity contribution >= 4 is 17.2 Å². The van der Waals surface area contributed by atoms with Gasteiger partial charge in [0.05, 0.1) is 17.2 Å². The fraction of sp³-hybridized carbons (Fsp3) is 0.444. The normalized spacial score (nSPS) is 23.2. The Balaban J connectivity index is 1.72. The summed E-state index contributed by atoms with van der Waals surface area (Å²) in [6.07, 6.45) is 0.738. The van der Waals surface area contributed by atoms with Crippen LogP contribution in [0, 0.1) is 5.41 Å². The van der Waals surface area contributed by atoms with E-state index in [0.717, 1.165) is 11.4 Å². The lowest BCUT2D eigenvalue weighted by molar-refractivity contribution is -0.0108. The topological polar surface area (TPSA) is 53.4 Å². The van der Waals surface area contributed by atoms with Gasteiger partial charge in [-0.15, -0.1) is 11.3 Å². The zero-order valence-corrected chi connectivity index (χ0v) is 14.6. The van der Waals surface area contributed by atoms with Gasteiger partial charge in [0.25, 0.3) is 5.91 Å². The Hall–Kier alpha value is -1.72. The van der Waals surface area contributed by atoms with Gasteiger partial charge in [0.1, 0.15) is 5.69 Å². The van der Waals surface area contributed by atoms with E-state index in [1.165, 1.54) is 16.9 Å². The molecule has 23 heavy (non-hydrogen) atoms. The summed E-state index contributed by atoms with van der Waals surface area (Å²) >= 11 is 1.51. The molecule has 0 unspecified atom stereocenters. The number of benzene rings is 1. The molecule has 0 saturated carbocycles. The van der Waals surface area contributed by atoms with Crippen LogP contribution in [0.2, 0.25) is 0 Å². The average molecular weight is 330 g/mol. The van der Waals surface area contributed by atoms with E-state index >= 15 is 0 Å². The first kappa shape index (κ1) is 16.1. The maximum atomic E-state index is 12.6. The number of carbonyl (C=O) groups is 1. The molecule has 1 N–H and O–H groups in total. The minimum absolute atomic E-state index is 0.0913. The van der Waals surface area contributed by atoms with E-state index in [9.17, 15) is 9.90 Å². The second kappa shape index (κ2) is 5.73. The highest BCUT2D eigenvalue weighted by Crippen LogP contribution is 2.38. The number of likely N-dealkylation sites (tertiary alicyclic amines) is 1. The van der Waals surface area contributed by atoms with Gasteiger partial charge in [-0.3, -0.25) is 4.79 Å². The number of amides is 1. The summed E-state index contributed by atoms with van der Waals surface area (Å²) in [6.45, 7) is 6.67. The number of nitrogens with zero attached hydrogens (tertiary/aromatic N) is 2. The number of β-amino-alcohol motifs (C(OH)–C–C–N with tert-alkyl or cyclic N) is 1. The number of aromatic nitrogens is 1. The average Bonchev–Trinajstić information content (AvgIpc) is 3.02. The summed E-state index contributed by atoms with van der Waals surface area (Å²) in [7, 11) is 0. The van der Waals surface area contributed by atoms with Crippen molar-refractivity contribution in [2.45, 2.75) is 32.8 Å². The van der Waals surface area contributed by atoms with Crippen molar-refractivity contribution in [3.63, 3.8) is 0 Å². The van der Waals surface area contributed by atoms with Crippen molar-refractivity contribution in [2.24, 2.45) is 5.41 Å². The third-order valence-corrected chi connectivity index (χ3v) is 5.65. The van der Waals surface area contributed by atoms with Crippen molar-refractivity contribution in [2.75, 3.05) is 13.1 Å². The Labute approximate surface area is 140 Å². The van der Waals surface area contributed by atoms with E-state index in [1.54, 1.807) is 11.8 Å². The summed E-state index contributed by atoms with van der Waals surface area (Å²) < 4.78 is 0. The maximum Gasteiger partial charge on any atom is 0.273 e. The van der Waals surface area contributed by atoms with Gasteiger partial charge in [-0.2, -0.15) is 0 Å². The molecule has 1 fully saturated rings. The van der Waals surface area contributed by atoms with Crippen LogP contribution in [0.15, 0.2) is 35.7 Å². The van der Waals surface area contributed by atoms with E-state index in [-0.39, 0.29) is 11.3 Å². The van der Waals surface area contributed by atoms with Crippen molar-refractivity contribution in [3.8, 4) is 0 Å². The van der Waals surface area contributed by atoms with Crippen LogP contribution in [0.4, 0.5) is 0 Å². The standard InChI is InChI=1S/C18H22N2O2S/c1-17(2)11-20(12-18(17,3)22)16(21)14-10-23-15(19-14)9-13-7-5-4-6-8-13/h4-8,10,22H,9,11-12H2,1-3H3/t18-/m1/s1. The molecule has 1 aromatic heterocycles. The summed E-state index contributed by atoms with van der Waals surface area (Å²) in [4.78, 5) is 18.8. The first-order valence-corrected chi connectivity index (χ1v) is 8.66. The number of aliphatic hydroxyl groups is 1. The number of rotatable bonds is 3. The van der Waals surface area contributed by atoms with Crippen LogP contribution in [0.1, 0.15) is 41.8 Å². The lowest BCUT2D eigenvalue weighted by Crippen LogP contribution is -2.40. The second-order valence-corrected chi connectivity index (χ2v) is 8.05. The summed E-state index contributed by atoms with van der Waals surface area (Å²) in [5.41, 5.74) is 0.484. The Morgan fingerprint density at radius 1 is 1.26 bits per heavy atom. The highest BCUT2D eigenvalue weighted by molar-refractivity contribution is 7.09. The molecule has 1 aromatic carbocycles. The van der Waals surface area contributed by atoms with Gasteiger partial charge in [-0.1, -0.05) is 44.2 Å². The number of hydrogen-bond acceptors (Lipinski definition) is 4. The molecule has 0 bridgehead atoms. The van der Waals surface area contributed by atoms with Crippen LogP contribution in [0.5, 0.6) is 0 Å². The lowest BCUT2D eigenvalue weighted by Gasteiger charge is -2.30. The Kier molecular flexibility index (Phi) is 4.02. The van der Waals surface area contributed by atoms with Crippen molar-refractivity contribution in [1.29, 1.82) is 0 Å². The quantitative estimate of drug-likeness (QED) is 0.941. The first-order chi connectivity index (χ1) is 10.8. The molecule has 4 nitrogen and oxygen atoms in total. The van der Waals surface area contributed by atoms with E-state index in [4.69, 9.17) is 0 Å². The molecule has 1 aliphatic heterocycles. The summed E-state index contributed by atoms with van der Waals surface area (Å²) in [6, 6.07) is 10.1. The molecule has 1 saturated heterocycles. The fourth-order valence-electron chi connectivity index (χ4n) is 2.86. The molecular formula is C18H22N2O2S. The highest BCUT2D eigenvalue weighted by Gasteiger charge is 2.49. The lowest BCUT2D eigenvalue weighted by atomic mass is 9.79. The van der Waals surface area contributed by atoms with E-state index in [1.807, 2.05) is 37.4 Å². The smallest absolute Gasteiger partial charge is 0.273 e. The van der Waals surface area contributed by atoms with Crippen LogP contribution >= 0.6 is 11.3 Å². The molecule has 1 amide bonds. The van der Waals surface area contributed by atoms with Gasteiger partial charge in [0.2, 0.25) is 0 Å². The van der Waals surface area contributed by atoms with Crippen molar-refractivity contribution < 1.29 is 9.90 Å². The molecule has 0 aliphatic carbocycles. The highest BCUT2D eigenvalue weighted by atomic mass is 32.1. The zero-order chi connectivity index (χ0) is 16.7. The molecule has 0 radical (unpaired) electrons. The molecule has 5 heteroatoms. The minimum Gasteiger partial charge on any atom is -0.388 e. The SMILES string of the molecule is CC1(C)CN(C(=O)c2csc(Cc3ccccc3)n2)C[C@@]1(C)O. The second-order valence-electron chi connectivity index (χ2n) is 7.11. The predicted molar refractivity (Wildman–Crippen MR) is 91.7 cm³/mol. The molecule has 3 rings (SSSR count). The minimum atomic E-state index is -0.869. The molecule has 2 heterocycles. The maximum absolute atomic E-state index is 12.6. The first-order valence-electron chi connectivity index (χ1n) is 7.78. The Bertz CT molecular complexity index is 691. The predicted octanol–water partition coefficient (Wildman–Crippen LogP) is 2.97. The molecule has 122 valence electrons. The van der Waals surface area contributed by atoms with E-state index < -0.39 is 5.60 Å². The molecule has 1 atom stereocenters. The van der Waals surface area contributed by atoms with Crippen LogP contribution in [-0.4, -0.2) is 39.6 Å². The number of carbonyl (C=O) groups excluding carboxylic acids is 1. The van der Waals surface area contributed by atoms with Crippen LogP contribution in [0.3, 0.4) is 0 Å². The van der Waals surface area contributed by atoms with Crippen molar-refractivity contribution in [3.05, 3.63) is 52.0 Å². The zero-order valence-electron chi connectivity index (χ0n) is 13.7. The van der Waals surface area contributed by atoms with Crippen LogP contribution in [-0.2, 0) is 6.42 Å². The fourth-order valence-corrected chi connectivity index (χ4v) is 3.66. The van der Waals surface area contributed by atoms with Crippen LogP contribution < -0.4 is 0 Å². The summed E-state index contributed by atoms with van der Waals surface area (Å²) in [5, 5.41) is 13.2.